The first-order chi connectivity index (χ1) is 16.6. The predicted octanol–water partition coefficient (Wildman–Crippen LogP) is 4.08. The monoisotopic (exact) mass is 495 g/mol. The Labute approximate surface area is 204 Å². The van der Waals surface area contributed by atoms with Crippen LogP contribution in [0.4, 0.5) is 11.5 Å². The Bertz CT molecular complexity index is 1440. The maximum absolute atomic E-state index is 13.3. The summed E-state index contributed by atoms with van der Waals surface area (Å²) in [5.74, 6) is 1.06. The number of aromatic amines is 1. The fourth-order valence-corrected chi connectivity index (χ4v) is 7.34. The van der Waals surface area contributed by atoms with Gasteiger partial charge in [-0.25, -0.2) is 9.97 Å². The number of likely N-dealkylation sites (tertiary alicyclic amines) is 1. The third-order valence-electron chi connectivity index (χ3n) is 6.90. The van der Waals surface area contributed by atoms with E-state index in [1.807, 2.05) is 23.1 Å². The molecule has 1 aliphatic carbocycles. The van der Waals surface area contributed by atoms with Crippen LogP contribution in [0.15, 0.2) is 29.3 Å². The number of carbonyl (C=O) groups is 1. The van der Waals surface area contributed by atoms with Gasteiger partial charge in [-0.15, -0.1) is 11.3 Å². The van der Waals surface area contributed by atoms with E-state index >= 15 is 0 Å². The quantitative estimate of drug-likeness (QED) is 0.433. The Morgan fingerprint density at radius 1 is 1.29 bits per heavy atom. The van der Waals surface area contributed by atoms with Crippen LogP contribution in [-0.4, -0.2) is 52.1 Å². The number of hydrogen-bond donors (Lipinski definition) is 2. The number of thiophene rings is 1. The molecule has 34 heavy (non-hydrogen) atoms. The Morgan fingerprint density at radius 3 is 3.09 bits per heavy atom. The van der Waals surface area contributed by atoms with Crippen LogP contribution in [-0.2, 0) is 22.4 Å². The molecule has 0 spiro atoms. The molecule has 10 heteroatoms. The fourth-order valence-electron chi connectivity index (χ4n) is 5.30. The van der Waals surface area contributed by atoms with Crippen LogP contribution < -0.4 is 10.2 Å². The average molecular weight is 496 g/mol. The van der Waals surface area contributed by atoms with E-state index in [0.29, 0.717) is 6.61 Å². The number of carbonyl (C=O) groups excluding carboxylic acids is 1. The summed E-state index contributed by atoms with van der Waals surface area (Å²) in [7, 11) is 1.70. The molecule has 1 amide bonds. The van der Waals surface area contributed by atoms with E-state index in [0.717, 1.165) is 70.6 Å². The van der Waals surface area contributed by atoms with Gasteiger partial charge in [-0.05, 0) is 55.9 Å². The van der Waals surface area contributed by atoms with Crippen LogP contribution in [0.25, 0.3) is 20.4 Å². The molecule has 176 valence electrons. The Balaban J connectivity index is 1.28. The van der Waals surface area contributed by atoms with E-state index < -0.39 is 0 Å². The molecule has 0 saturated carbocycles. The summed E-state index contributed by atoms with van der Waals surface area (Å²) in [5.41, 5.74) is 2.97. The molecule has 2 N–H and O–H groups in total. The van der Waals surface area contributed by atoms with Crippen LogP contribution >= 0.6 is 22.7 Å². The number of fused-ring (bicyclic) bond motifs is 4. The zero-order chi connectivity index (χ0) is 23.2. The van der Waals surface area contributed by atoms with Crippen molar-refractivity contribution >= 4 is 60.5 Å². The smallest absolute Gasteiger partial charge is 0.305 e. The van der Waals surface area contributed by atoms with Crippen molar-refractivity contribution < 1.29 is 9.53 Å². The minimum Gasteiger partial charge on any atom is -0.383 e. The second kappa shape index (κ2) is 8.75. The van der Waals surface area contributed by atoms with Crippen molar-refractivity contribution in [2.75, 3.05) is 25.6 Å². The second-order valence-electron chi connectivity index (χ2n) is 8.98. The third-order valence-corrected chi connectivity index (χ3v) is 8.91. The summed E-state index contributed by atoms with van der Waals surface area (Å²) in [4.78, 5) is 41.1. The van der Waals surface area contributed by atoms with Crippen LogP contribution in [0.3, 0.4) is 0 Å². The van der Waals surface area contributed by atoms with Gasteiger partial charge in [0.25, 0.3) is 0 Å². The van der Waals surface area contributed by atoms with Gasteiger partial charge in [0.05, 0.1) is 28.3 Å². The SMILES string of the molecule is COCC1CCCN1C(=O)[C@@H]1CCc2c(sc3ncnc(Nc4ccc5[nH]c(=O)sc5c4)c23)C1. The number of H-pyrrole nitrogens is 1. The number of nitrogens with one attached hydrogen (secondary N) is 2. The van der Waals surface area contributed by atoms with Gasteiger partial charge in [-0.1, -0.05) is 11.3 Å². The Morgan fingerprint density at radius 2 is 2.21 bits per heavy atom. The molecule has 1 saturated heterocycles. The summed E-state index contributed by atoms with van der Waals surface area (Å²) in [6.07, 6.45) is 6.10. The second-order valence-corrected chi connectivity index (χ2v) is 11.1. The highest BCUT2D eigenvalue weighted by Crippen LogP contribution is 2.41. The number of nitrogens with zero attached hydrogens (tertiary/aromatic N) is 3. The molecule has 1 aliphatic heterocycles. The van der Waals surface area contributed by atoms with Crippen molar-refractivity contribution in [2.24, 2.45) is 5.92 Å². The number of aromatic nitrogens is 3. The van der Waals surface area contributed by atoms with Gasteiger partial charge in [-0.3, -0.25) is 9.59 Å². The number of anilines is 2. The number of rotatable bonds is 5. The van der Waals surface area contributed by atoms with Crippen LogP contribution in [0.2, 0.25) is 0 Å². The Kier molecular flexibility index (Phi) is 5.59. The van der Waals surface area contributed by atoms with E-state index in [1.165, 1.54) is 21.8 Å². The molecule has 1 aromatic carbocycles. The summed E-state index contributed by atoms with van der Waals surface area (Å²) in [5, 5.41) is 4.49. The number of hydrogen-bond acceptors (Lipinski definition) is 8. The van der Waals surface area contributed by atoms with Crippen LogP contribution in [0.1, 0.15) is 29.7 Å². The minimum absolute atomic E-state index is 0.0150. The lowest BCUT2D eigenvalue weighted by Gasteiger charge is -2.30. The molecule has 6 rings (SSSR count). The molecule has 4 aromatic rings. The van der Waals surface area contributed by atoms with Crippen molar-refractivity contribution in [1.29, 1.82) is 0 Å². The molecule has 8 nitrogen and oxygen atoms in total. The molecule has 1 unspecified atom stereocenters. The highest BCUT2D eigenvalue weighted by Gasteiger charge is 2.36. The molecule has 3 aromatic heterocycles. The molecule has 1 fully saturated rings. The zero-order valence-corrected chi connectivity index (χ0v) is 20.4. The molecule has 0 bridgehead atoms. The minimum atomic E-state index is -0.0601. The third kappa shape index (κ3) is 3.79. The fraction of sp³-hybridized carbons (Fsp3) is 0.417. The van der Waals surface area contributed by atoms with E-state index in [9.17, 15) is 9.59 Å². The van der Waals surface area contributed by atoms with Gasteiger partial charge < -0.3 is 19.9 Å². The number of methoxy groups -OCH3 is 1. The molecule has 4 heterocycles. The first-order valence-electron chi connectivity index (χ1n) is 11.6. The highest BCUT2D eigenvalue weighted by atomic mass is 32.1. The summed E-state index contributed by atoms with van der Waals surface area (Å²) < 4.78 is 6.25. The normalized spacial score (nSPS) is 20.2. The van der Waals surface area contributed by atoms with Gasteiger partial charge in [0.15, 0.2) is 0 Å². The zero-order valence-electron chi connectivity index (χ0n) is 18.8. The maximum atomic E-state index is 13.3. The lowest BCUT2D eigenvalue weighted by molar-refractivity contribution is -0.137. The van der Waals surface area contributed by atoms with Crippen molar-refractivity contribution in [3.8, 4) is 0 Å². The standard InChI is InChI=1S/C24H25N5O3S2/c1-32-11-15-3-2-8-29(15)23(30)13-4-6-16-18(9-13)33-22-20(16)21(25-12-26-22)27-14-5-7-17-19(10-14)34-24(31)28-17/h5,7,10,12-13,15H,2-4,6,8-9,11H2,1H3,(H,28,31)(H,25,26,27)/t13-,15?/m1/s1. The lowest BCUT2D eigenvalue weighted by atomic mass is 9.86. The lowest BCUT2D eigenvalue weighted by Crippen LogP contribution is -2.43. The Hall–Kier alpha value is -2.82. The van der Waals surface area contributed by atoms with Crippen molar-refractivity contribution in [2.45, 2.75) is 38.1 Å². The van der Waals surface area contributed by atoms with E-state index in [4.69, 9.17) is 4.74 Å². The van der Waals surface area contributed by atoms with Crippen LogP contribution in [0.5, 0.6) is 0 Å². The van der Waals surface area contributed by atoms with Gasteiger partial charge in [-0.2, -0.15) is 0 Å². The van der Waals surface area contributed by atoms with E-state index in [2.05, 4.69) is 20.3 Å². The summed E-state index contributed by atoms with van der Waals surface area (Å²) in [6, 6.07) is 6.02. The topological polar surface area (TPSA) is 100 Å². The molecule has 2 atom stereocenters. The van der Waals surface area contributed by atoms with Gasteiger partial charge in [0.1, 0.15) is 17.0 Å². The first kappa shape index (κ1) is 21.7. The first-order valence-corrected chi connectivity index (χ1v) is 13.2. The van der Waals surface area contributed by atoms with Crippen LogP contribution in [0, 0.1) is 5.92 Å². The number of benzene rings is 1. The van der Waals surface area contributed by atoms with Crippen molar-refractivity contribution in [3.63, 3.8) is 0 Å². The average Bonchev–Trinajstić information content (AvgIpc) is 3.54. The number of thiazole rings is 1. The van der Waals surface area contributed by atoms with Crippen molar-refractivity contribution in [1.82, 2.24) is 19.9 Å². The number of amides is 1. The molecule has 0 radical (unpaired) electrons. The molecule has 2 aliphatic rings. The van der Waals surface area contributed by atoms with E-state index in [1.54, 1.807) is 24.8 Å². The van der Waals surface area contributed by atoms with Gasteiger partial charge >= 0.3 is 4.87 Å². The summed E-state index contributed by atoms with van der Waals surface area (Å²) in [6.45, 7) is 1.45. The largest absolute Gasteiger partial charge is 0.383 e. The highest BCUT2D eigenvalue weighted by molar-refractivity contribution is 7.19. The predicted molar refractivity (Wildman–Crippen MR) is 135 cm³/mol. The number of aryl methyl sites for hydroxylation is 1. The molecular weight excluding hydrogens is 470 g/mol. The maximum Gasteiger partial charge on any atom is 0.305 e. The van der Waals surface area contributed by atoms with Gasteiger partial charge in [0, 0.05) is 30.1 Å². The van der Waals surface area contributed by atoms with Gasteiger partial charge in [0.2, 0.25) is 5.91 Å². The summed E-state index contributed by atoms with van der Waals surface area (Å²) >= 11 is 2.87. The molecular formula is C24H25N5O3S2. The van der Waals surface area contributed by atoms with E-state index in [-0.39, 0.29) is 22.7 Å². The van der Waals surface area contributed by atoms with Crippen molar-refractivity contribution in [3.05, 3.63) is 44.6 Å². The number of ether oxygens (including phenoxy) is 1.